The van der Waals surface area contributed by atoms with Crippen LogP contribution >= 0.6 is 0 Å². The molecule has 0 aliphatic carbocycles. The molecule has 0 radical (unpaired) electrons. The summed E-state index contributed by atoms with van der Waals surface area (Å²) < 4.78 is 37.6. The van der Waals surface area contributed by atoms with Gasteiger partial charge in [0.1, 0.15) is 5.69 Å². The largest absolute Gasteiger partial charge is 0.416 e. The van der Waals surface area contributed by atoms with Crippen molar-refractivity contribution in [3.05, 3.63) is 33.9 Å². The second-order valence-corrected chi connectivity index (χ2v) is 4.58. The van der Waals surface area contributed by atoms with E-state index in [4.69, 9.17) is 5.73 Å². The number of anilines is 1. The van der Waals surface area contributed by atoms with E-state index in [0.29, 0.717) is 12.1 Å². The van der Waals surface area contributed by atoms with E-state index in [1.54, 1.807) is 6.92 Å². The summed E-state index contributed by atoms with van der Waals surface area (Å²) in [5.74, 6) is -0.686. The fourth-order valence-corrected chi connectivity index (χ4v) is 1.57. The highest BCUT2D eigenvalue weighted by atomic mass is 19.4. The second kappa shape index (κ2) is 6.53. The molecule has 0 spiro atoms. The van der Waals surface area contributed by atoms with Gasteiger partial charge in [-0.1, -0.05) is 6.92 Å². The lowest BCUT2D eigenvalue weighted by molar-refractivity contribution is -0.384. The van der Waals surface area contributed by atoms with Gasteiger partial charge in [-0.25, -0.2) is 0 Å². The molecule has 1 aromatic carbocycles. The van der Waals surface area contributed by atoms with E-state index in [-0.39, 0.29) is 24.6 Å². The first-order valence-corrected chi connectivity index (χ1v) is 6.00. The van der Waals surface area contributed by atoms with Crippen LogP contribution in [0, 0.1) is 16.0 Å². The van der Waals surface area contributed by atoms with Gasteiger partial charge in [0.2, 0.25) is 5.91 Å². The molecule has 0 aliphatic heterocycles. The lowest BCUT2D eigenvalue weighted by Crippen LogP contribution is -2.20. The Morgan fingerprint density at radius 2 is 2.10 bits per heavy atom. The molecule has 1 unspecified atom stereocenters. The summed E-state index contributed by atoms with van der Waals surface area (Å²) in [7, 11) is 0. The van der Waals surface area contributed by atoms with Gasteiger partial charge < -0.3 is 11.1 Å². The molecular weight excluding hydrogens is 291 g/mol. The maximum atomic E-state index is 12.5. The van der Waals surface area contributed by atoms with Crippen LogP contribution < -0.4 is 11.1 Å². The third-order valence-electron chi connectivity index (χ3n) is 2.73. The fourth-order valence-electron chi connectivity index (χ4n) is 1.57. The maximum absolute atomic E-state index is 12.5. The Bertz CT molecular complexity index is 546. The first kappa shape index (κ1) is 16.9. The van der Waals surface area contributed by atoms with Crippen molar-refractivity contribution < 1.29 is 22.9 Å². The zero-order chi connectivity index (χ0) is 16.2. The van der Waals surface area contributed by atoms with Gasteiger partial charge in [0.25, 0.3) is 5.69 Å². The molecule has 0 aliphatic rings. The third-order valence-corrected chi connectivity index (χ3v) is 2.73. The molecule has 1 rings (SSSR count). The summed E-state index contributed by atoms with van der Waals surface area (Å²) in [4.78, 5) is 21.5. The number of alkyl halides is 3. The number of amides is 1. The van der Waals surface area contributed by atoms with Crippen LogP contribution in [-0.2, 0) is 11.0 Å². The number of hydrogen-bond donors (Lipinski definition) is 2. The second-order valence-electron chi connectivity index (χ2n) is 4.58. The van der Waals surface area contributed by atoms with E-state index < -0.39 is 28.3 Å². The summed E-state index contributed by atoms with van der Waals surface area (Å²) >= 11 is 0. The number of rotatable bonds is 5. The lowest BCUT2D eigenvalue weighted by Gasteiger charge is -2.11. The average molecular weight is 305 g/mol. The molecule has 0 aromatic heterocycles. The summed E-state index contributed by atoms with van der Waals surface area (Å²) in [6.07, 6.45) is -4.67. The number of nitrogens with two attached hydrogens (primary N) is 1. The van der Waals surface area contributed by atoms with Crippen LogP contribution in [0.1, 0.15) is 18.9 Å². The van der Waals surface area contributed by atoms with Gasteiger partial charge in [0.15, 0.2) is 0 Å². The van der Waals surface area contributed by atoms with Gasteiger partial charge in [-0.05, 0) is 24.6 Å². The van der Waals surface area contributed by atoms with Crippen LogP contribution in [0.5, 0.6) is 0 Å². The fraction of sp³-hybridized carbons (Fsp3) is 0.417. The quantitative estimate of drug-likeness (QED) is 0.645. The minimum atomic E-state index is -4.69. The molecule has 0 fully saturated rings. The first-order valence-electron chi connectivity index (χ1n) is 6.00. The molecule has 1 atom stereocenters. The van der Waals surface area contributed by atoms with Crippen LogP contribution in [0.2, 0.25) is 0 Å². The molecule has 6 nitrogen and oxygen atoms in total. The normalized spacial score (nSPS) is 12.8. The first-order chi connectivity index (χ1) is 9.65. The number of nitrogens with one attached hydrogen (secondary N) is 1. The minimum absolute atomic E-state index is 0.0225. The molecule has 116 valence electrons. The predicted molar refractivity (Wildman–Crippen MR) is 69.6 cm³/mol. The van der Waals surface area contributed by atoms with E-state index in [2.05, 4.69) is 5.32 Å². The zero-order valence-electron chi connectivity index (χ0n) is 11.1. The van der Waals surface area contributed by atoms with Gasteiger partial charge in [-0.3, -0.25) is 14.9 Å². The van der Waals surface area contributed by atoms with Gasteiger partial charge in [0.05, 0.1) is 10.5 Å². The zero-order valence-corrected chi connectivity index (χ0v) is 11.1. The molecule has 0 saturated heterocycles. The maximum Gasteiger partial charge on any atom is 0.416 e. The van der Waals surface area contributed by atoms with Gasteiger partial charge >= 0.3 is 6.18 Å². The predicted octanol–water partition coefficient (Wildman–Crippen LogP) is 2.54. The molecule has 9 heteroatoms. The molecule has 0 saturated carbocycles. The molecular formula is C12H14F3N3O3. The van der Waals surface area contributed by atoms with Crippen molar-refractivity contribution in [3.63, 3.8) is 0 Å². The SMILES string of the molecule is CC(CN)CC(=O)Nc1ccc(C(F)(F)F)cc1[N+](=O)[O-]. The molecule has 1 amide bonds. The highest BCUT2D eigenvalue weighted by Crippen LogP contribution is 2.35. The Morgan fingerprint density at radius 1 is 1.48 bits per heavy atom. The van der Waals surface area contributed by atoms with E-state index in [0.717, 1.165) is 6.07 Å². The number of hydrogen-bond acceptors (Lipinski definition) is 4. The Balaban J connectivity index is 3.02. The molecule has 3 N–H and O–H groups in total. The van der Waals surface area contributed by atoms with Crippen molar-refractivity contribution in [1.29, 1.82) is 0 Å². The molecule has 21 heavy (non-hydrogen) atoms. The van der Waals surface area contributed by atoms with Crippen LogP contribution in [0.3, 0.4) is 0 Å². The van der Waals surface area contributed by atoms with E-state index in [1.165, 1.54) is 0 Å². The number of nitro groups is 1. The Labute approximate surface area is 118 Å². The van der Waals surface area contributed by atoms with Crippen LogP contribution in [0.15, 0.2) is 18.2 Å². The van der Waals surface area contributed by atoms with Gasteiger partial charge in [0, 0.05) is 12.5 Å². The lowest BCUT2D eigenvalue weighted by atomic mass is 10.1. The Kier molecular flexibility index (Phi) is 5.25. The standard InChI is InChI=1S/C12H14F3N3O3/c1-7(6-16)4-11(19)17-9-3-2-8(12(13,14)15)5-10(9)18(20)21/h2-3,5,7H,4,6,16H2,1H3,(H,17,19). The average Bonchev–Trinajstić information content (AvgIpc) is 2.37. The molecule has 0 bridgehead atoms. The van der Waals surface area contributed by atoms with E-state index in [9.17, 15) is 28.1 Å². The smallest absolute Gasteiger partial charge is 0.330 e. The van der Waals surface area contributed by atoms with Crippen LogP contribution in [0.25, 0.3) is 0 Å². The minimum Gasteiger partial charge on any atom is -0.330 e. The molecule has 0 heterocycles. The van der Waals surface area contributed by atoms with Crippen molar-refractivity contribution in [3.8, 4) is 0 Å². The highest BCUT2D eigenvalue weighted by molar-refractivity contribution is 5.93. The number of nitro benzene ring substituents is 1. The van der Waals surface area contributed by atoms with Crippen molar-refractivity contribution in [2.45, 2.75) is 19.5 Å². The summed E-state index contributed by atoms with van der Waals surface area (Å²) in [6, 6.07) is 1.93. The number of carbonyl (C=O) groups excluding carboxylic acids is 1. The summed E-state index contributed by atoms with van der Waals surface area (Å²) in [6.45, 7) is 1.96. The summed E-state index contributed by atoms with van der Waals surface area (Å²) in [5, 5.41) is 13.1. The van der Waals surface area contributed by atoms with Crippen LogP contribution in [-0.4, -0.2) is 17.4 Å². The van der Waals surface area contributed by atoms with Crippen LogP contribution in [0.4, 0.5) is 24.5 Å². The van der Waals surface area contributed by atoms with Gasteiger partial charge in [-0.2, -0.15) is 13.2 Å². The highest BCUT2D eigenvalue weighted by Gasteiger charge is 2.33. The summed E-state index contributed by atoms with van der Waals surface area (Å²) in [5.41, 5.74) is 3.11. The van der Waals surface area contributed by atoms with Crippen molar-refractivity contribution in [2.75, 3.05) is 11.9 Å². The van der Waals surface area contributed by atoms with Crippen molar-refractivity contribution >= 4 is 17.3 Å². The monoisotopic (exact) mass is 305 g/mol. The number of benzene rings is 1. The van der Waals surface area contributed by atoms with Crippen molar-refractivity contribution in [1.82, 2.24) is 0 Å². The van der Waals surface area contributed by atoms with Crippen molar-refractivity contribution in [2.24, 2.45) is 11.7 Å². The van der Waals surface area contributed by atoms with E-state index in [1.807, 2.05) is 0 Å². The van der Waals surface area contributed by atoms with Gasteiger partial charge in [-0.15, -0.1) is 0 Å². The number of nitrogens with zero attached hydrogens (tertiary/aromatic N) is 1. The Hall–Kier alpha value is -2.16. The van der Waals surface area contributed by atoms with E-state index >= 15 is 0 Å². The number of carbonyl (C=O) groups is 1. The topological polar surface area (TPSA) is 98.3 Å². The molecule has 1 aromatic rings. The third kappa shape index (κ3) is 4.71. The Morgan fingerprint density at radius 3 is 2.57 bits per heavy atom. The number of halogens is 3.